The third kappa shape index (κ3) is 4.91. The number of anilines is 3. The van der Waals surface area contributed by atoms with Crippen molar-refractivity contribution in [2.45, 2.75) is 6.92 Å². The smallest absolute Gasteiger partial charge is 0.115 e. The molecule has 3 nitrogen and oxygen atoms in total. The summed E-state index contributed by atoms with van der Waals surface area (Å²) in [7, 11) is 0. The maximum absolute atomic E-state index is 9.77. The molecule has 0 radical (unpaired) electrons. The number of thiophene rings is 3. The van der Waals surface area contributed by atoms with Gasteiger partial charge in [-0.05, 0) is 110 Å². The molecule has 0 atom stereocenters. The van der Waals surface area contributed by atoms with Gasteiger partial charge in [-0.25, -0.2) is 0 Å². The normalized spacial score (nSPS) is 11.1. The van der Waals surface area contributed by atoms with Crippen LogP contribution in [0.3, 0.4) is 0 Å². The van der Waals surface area contributed by atoms with Crippen LogP contribution in [0.1, 0.15) is 4.88 Å². The molecule has 3 aromatic heterocycles. The van der Waals surface area contributed by atoms with Crippen LogP contribution in [-0.2, 0) is 0 Å². The summed E-state index contributed by atoms with van der Waals surface area (Å²) >= 11 is 5.49. The number of hydrogen-bond acceptors (Lipinski definition) is 6. The third-order valence-corrected chi connectivity index (χ3v) is 9.68. The lowest BCUT2D eigenvalue weighted by atomic mass is 10.1. The van der Waals surface area contributed by atoms with E-state index in [9.17, 15) is 10.2 Å². The van der Waals surface area contributed by atoms with Crippen LogP contribution in [0.15, 0.2) is 109 Å². The maximum atomic E-state index is 9.77. The fourth-order valence-corrected chi connectivity index (χ4v) is 7.29. The van der Waals surface area contributed by atoms with E-state index in [0.29, 0.717) is 0 Å². The van der Waals surface area contributed by atoms with E-state index >= 15 is 0 Å². The summed E-state index contributed by atoms with van der Waals surface area (Å²) < 4.78 is 0. The molecule has 37 heavy (non-hydrogen) atoms. The molecule has 0 bridgehead atoms. The van der Waals surface area contributed by atoms with E-state index in [2.05, 4.69) is 72.5 Å². The number of rotatable bonds is 6. The average molecular weight is 538 g/mol. The van der Waals surface area contributed by atoms with E-state index in [1.54, 1.807) is 24.3 Å². The molecular weight excluding hydrogens is 515 g/mol. The van der Waals surface area contributed by atoms with E-state index in [4.69, 9.17) is 0 Å². The van der Waals surface area contributed by atoms with Crippen molar-refractivity contribution in [3.8, 4) is 41.4 Å². The molecule has 6 rings (SSSR count). The van der Waals surface area contributed by atoms with E-state index in [0.717, 1.165) is 17.1 Å². The van der Waals surface area contributed by atoms with Crippen LogP contribution in [0.2, 0.25) is 0 Å². The predicted octanol–water partition coefficient (Wildman–Crippen LogP) is 10.1. The second-order valence-corrected chi connectivity index (χ2v) is 12.1. The first-order valence-corrected chi connectivity index (χ1v) is 14.2. The van der Waals surface area contributed by atoms with Gasteiger partial charge >= 0.3 is 0 Å². The molecule has 3 aromatic carbocycles. The quantitative estimate of drug-likeness (QED) is 0.222. The van der Waals surface area contributed by atoms with E-state index in [1.165, 1.54) is 34.8 Å². The van der Waals surface area contributed by atoms with Crippen molar-refractivity contribution >= 4 is 51.1 Å². The number of aromatic hydroxyl groups is 2. The summed E-state index contributed by atoms with van der Waals surface area (Å²) in [5.41, 5.74) is 4.00. The number of hydrogen-bond donors (Lipinski definition) is 2. The van der Waals surface area contributed by atoms with Crippen LogP contribution in [0.5, 0.6) is 11.5 Å². The first kappa shape index (κ1) is 23.6. The molecule has 0 amide bonds. The minimum atomic E-state index is 0.224. The number of nitrogens with zero attached hydrogens (tertiary/aromatic N) is 1. The largest absolute Gasteiger partial charge is 0.508 e. The zero-order chi connectivity index (χ0) is 25.4. The molecule has 6 aromatic rings. The zero-order valence-electron chi connectivity index (χ0n) is 20.0. The fourth-order valence-electron chi connectivity index (χ4n) is 4.22. The standard InChI is InChI=1S/C31H23NO2S3/c1-20-2-15-28(35-20)29-18-19-31(37-29)30-17-16-27(36-30)21-3-5-22(6-4-21)32(23-7-11-25(33)12-8-23)24-9-13-26(34)14-10-24/h2-19,33-34H,1H3. The van der Waals surface area contributed by atoms with E-state index in [1.807, 2.05) is 58.3 Å². The molecule has 6 heteroatoms. The molecule has 0 aliphatic heterocycles. The Morgan fingerprint density at radius 2 is 0.811 bits per heavy atom. The molecule has 2 N–H and O–H groups in total. The van der Waals surface area contributed by atoms with Gasteiger partial charge in [0.15, 0.2) is 0 Å². The molecule has 0 aliphatic rings. The number of phenols is 2. The highest BCUT2D eigenvalue weighted by Gasteiger charge is 2.14. The SMILES string of the molecule is Cc1ccc(-c2ccc(-c3ccc(-c4ccc(N(c5ccc(O)cc5)c5ccc(O)cc5)cc4)s3)s2)s1. The summed E-state index contributed by atoms with van der Waals surface area (Å²) in [6.45, 7) is 2.15. The Bertz CT molecular complexity index is 1600. The van der Waals surface area contributed by atoms with Crippen molar-refractivity contribution in [2.75, 3.05) is 4.90 Å². The Labute approximate surface area is 227 Å². The average Bonchev–Trinajstić information content (AvgIpc) is 3.68. The lowest BCUT2D eigenvalue weighted by molar-refractivity contribution is 0.475. The number of aryl methyl sites for hydroxylation is 1. The van der Waals surface area contributed by atoms with Crippen molar-refractivity contribution in [1.82, 2.24) is 0 Å². The Morgan fingerprint density at radius 3 is 1.27 bits per heavy atom. The van der Waals surface area contributed by atoms with Crippen LogP contribution < -0.4 is 4.90 Å². The third-order valence-electron chi connectivity index (χ3n) is 6.06. The molecule has 0 unspecified atom stereocenters. The summed E-state index contributed by atoms with van der Waals surface area (Å²) in [5, 5.41) is 19.5. The van der Waals surface area contributed by atoms with Crippen molar-refractivity contribution in [3.63, 3.8) is 0 Å². The van der Waals surface area contributed by atoms with Gasteiger partial charge in [-0.3, -0.25) is 0 Å². The van der Waals surface area contributed by atoms with Gasteiger partial charge in [0.05, 0.1) is 0 Å². The fraction of sp³-hybridized carbons (Fsp3) is 0.0323. The minimum Gasteiger partial charge on any atom is -0.508 e. The molecular formula is C31H23NO2S3. The van der Waals surface area contributed by atoms with Gasteiger partial charge in [0.1, 0.15) is 11.5 Å². The summed E-state index contributed by atoms with van der Waals surface area (Å²) in [5.74, 6) is 0.447. The van der Waals surface area contributed by atoms with Gasteiger partial charge in [0.2, 0.25) is 0 Å². The highest BCUT2D eigenvalue weighted by molar-refractivity contribution is 7.27. The maximum Gasteiger partial charge on any atom is 0.115 e. The highest BCUT2D eigenvalue weighted by atomic mass is 32.1. The highest BCUT2D eigenvalue weighted by Crippen LogP contribution is 2.42. The lowest BCUT2D eigenvalue weighted by Crippen LogP contribution is -2.09. The molecule has 182 valence electrons. The molecule has 0 saturated carbocycles. The monoisotopic (exact) mass is 537 g/mol. The molecule has 3 heterocycles. The van der Waals surface area contributed by atoms with Crippen molar-refractivity contribution in [1.29, 1.82) is 0 Å². The van der Waals surface area contributed by atoms with Gasteiger partial charge in [-0.2, -0.15) is 0 Å². The minimum absolute atomic E-state index is 0.224. The van der Waals surface area contributed by atoms with E-state index in [-0.39, 0.29) is 11.5 Å². The Kier molecular flexibility index (Phi) is 6.30. The van der Waals surface area contributed by atoms with Gasteiger partial charge in [0.25, 0.3) is 0 Å². The summed E-state index contributed by atoms with van der Waals surface area (Å²) in [4.78, 5) is 9.87. The van der Waals surface area contributed by atoms with Gasteiger partial charge in [-0.15, -0.1) is 34.0 Å². The topological polar surface area (TPSA) is 43.7 Å². The predicted molar refractivity (Wildman–Crippen MR) is 159 cm³/mol. The first-order chi connectivity index (χ1) is 18.0. The van der Waals surface area contributed by atoms with Crippen molar-refractivity contribution < 1.29 is 10.2 Å². The van der Waals surface area contributed by atoms with Crippen LogP contribution in [0.4, 0.5) is 17.1 Å². The van der Waals surface area contributed by atoms with Gasteiger partial charge in [-0.1, -0.05) is 12.1 Å². The first-order valence-electron chi connectivity index (χ1n) is 11.8. The number of phenolic OH excluding ortho intramolecular Hbond substituents is 2. The Hall–Kier alpha value is -3.84. The van der Waals surface area contributed by atoms with Crippen LogP contribution >= 0.6 is 34.0 Å². The Balaban J connectivity index is 1.28. The van der Waals surface area contributed by atoms with Gasteiger partial charge in [0, 0.05) is 46.3 Å². The lowest BCUT2D eigenvalue weighted by Gasteiger charge is -2.25. The van der Waals surface area contributed by atoms with Crippen molar-refractivity contribution in [2.24, 2.45) is 0 Å². The second kappa shape index (κ2) is 9.90. The van der Waals surface area contributed by atoms with E-state index < -0.39 is 0 Å². The van der Waals surface area contributed by atoms with Crippen LogP contribution in [-0.4, -0.2) is 10.2 Å². The molecule has 0 saturated heterocycles. The summed E-state index contributed by atoms with van der Waals surface area (Å²) in [6, 6.07) is 36.0. The van der Waals surface area contributed by atoms with Crippen molar-refractivity contribution in [3.05, 3.63) is 114 Å². The molecule has 0 fully saturated rings. The number of benzene rings is 3. The molecule has 0 spiro atoms. The zero-order valence-corrected chi connectivity index (χ0v) is 22.4. The second-order valence-electron chi connectivity index (χ2n) is 8.65. The summed E-state index contributed by atoms with van der Waals surface area (Å²) in [6.07, 6.45) is 0. The van der Waals surface area contributed by atoms with Gasteiger partial charge < -0.3 is 15.1 Å². The molecule has 0 aliphatic carbocycles. The van der Waals surface area contributed by atoms with Crippen LogP contribution in [0, 0.1) is 6.92 Å². The Morgan fingerprint density at radius 1 is 0.432 bits per heavy atom. The van der Waals surface area contributed by atoms with Crippen LogP contribution in [0.25, 0.3) is 29.9 Å².